The van der Waals surface area contributed by atoms with Crippen molar-refractivity contribution in [3.63, 3.8) is 0 Å². The summed E-state index contributed by atoms with van der Waals surface area (Å²) in [5.74, 6) is -0.550. The lowest BCUT2D eigenvalue weighted by Crippen LogP contribution is -2.20. The highest BCUT2D eigenvalue weighted by Gasteiger charge is 2.21. The molecule has 0 radical (unpaired) electrons. The number of carbonyl (C=O) groups excluding carboxylic acids is 2. The fourth-order valence-electron chi connectivity index (χ4n) is 0.471. The molecule has 17 heavy (non-hydrogen) atoms. The van der Waals surface area contributed by atoms with Gasteiger partial charge >= 0.3 is 11.9 Å². The average Bonchev–Trinajstić information content (AvgIpc) is 2.18. The van der Waals surface area contributed by atoms with Crippen LogP contribution in [0.15, 0.2) is 25.7 Å². The van der Waals surface area contributed by atoms with E-state index in [1.165, 1.54) is 0 Å². The quantitative estimate of drug-likeness (QED) is 0.564. The van der Waals surface area contributed by atoms with Crippen molar-refractivity contribution in [1.29, 1.82) is 0 Å². The molecular formula is C13H22O4. The number of hydrogen-bond acceptors (Lipinski definition) is 4. The van der Waals surface area contributed by atoms with E-state index < -0.39 is 5.41 Å². The number of carbonyl (C=O) groups is 2. The number of hydrogen-bond donors (Lipinski definition) is 0. The van der Waals surface area contributed by atoms with Crippen LogP contribution >= 0.6 is 0 Å². The largest absolute Gasteiger partial charge is 0.435 e. The van der Waals surface area contributed by atoms with Crippen LogP contribution in [0.2, 0.25) is 0 Å². The van der Waals surface area contributed by atoms with E-state index in [1.54, 1.807) is 34.6 Å². The fourth-order valence-corrected chi connectivity index (χ4v) is 0.471. The molecule has 0 aromatic rings. The smallest absolute Gasteiger partial charge is 0.316 e. The monoisotopic (exact) mass is 242 g/mol. The van der Waals surface area contributed by atoms with E-state index in [0.717, 1.165) is 12.5 Å². The number of esters is 2. The van der Waals surface area contributed by atoms with Gasteiger partial charge in [-0.3, -0.25) is 9.59 Å². The topological polar surface area (TPSA) is 52.6 Å². The first-order chi connectivity index (χ1) is 7.66. The zero-order valence-corrected chi connectivity index (χ0v) is 11.3. The van der Waals surface area contributed by atoms with Crippen molar-refractivity contribution in [2.75, 3.05) is 0 Å². The maximum absolute atomic E-state index is 10.8. The molecule has 0 atom stereocenters. The van der Waals surface area contributed by atoms with E-state index in [2.05, 4.69) is 22.6 Å². The third-order valence-corrected chi connectivity index (χ3v) is 1.47. The third kappa shape index (κ3) is 10.7. The predicted octanol–water partition coefficient (Wildman–Crippen LogP) is 3.05. The van der Waals surface area contributed by atoms with Gasteiger partial charge in [0.15, 0.2) is 0 Å². The van der Waals surface area contributed by atoms with Gasteiger partial charge in [0.05, 0.1) is 23.9 Å². The first kappa shape index (κ1) is 17.8. The predicted molar refractivity (Wildman–Crippen MR) is 66.9 cm³/mol. The van der Waals surface area contributed by atoms with Gasteiger partial charge in [0, 0.05) is 0 Å². The second-order valence-electron chi connectivity index (χ2n) is 4.58. The molecule has 0 fully saturated rings. The first-order valence-electron chi connectivity index (χ1n) is 5.30. The molecule has 0 unspecified atom stereocenters. The summed E-state index contributed by atoms with van der Waals surface area (Å²) in [5, 5.41) is 0. The Morgan fingerprint density at radius 1 is 1.06 bits per heavy atom. The summed E-state index contributed by atoms with van der Waals surface area (Å²) in [6, 6.07) is 0. The van der Waals surface area contributed by atoms with Gasteiger partial charge in [-0.15, -0.1) is 0 Å². The maximum atomic E-state index is 10.8. The van der Waals surface area contributed by atoms with Crippen LogP contribution in [0.25, 0.3) is 0 Å². The number of rotatable bonds is 3. The molecule has 4 nitrogen and oxygen atoms in total. The number of ether oxygens (including phenoxy) is 2. The molecule has 0 saturated carbocycles. The standard InChI is InChI=1S/C7H12O2.C6H10O2/c1-5-9-6(8)7(2,3)4;1-4-8-6(7)5(2)3/h5H,1H2,2-4H3;4-5H,1H2,2-3H3. The van der Waals surface area contributed by atoms with Gasteiger partial charge in [-0.2, -0.15) is 0 Å². The van der Waals surface area contributed by atoms with Crippen LogP contribution in [0.1, 0.15) is 34.6 Å². The molecule has 0 rings (SSSR count). The van der Waals surface area contributed by atoms with Gasteiger partial charge in [0.1, 0.15) is 0 Å². The molecule has 0 bridgehead atoms. The average molecular weight is 242 g/mol. The molecule has 0 aromatic carbocycles. The Kier molecular flexibility index (Phi) is 8.96. The summed E-state index contributed by atoms with van der Waals surface area (Å²) in [6.07, 6.45) is 2.29. The van der Waals surface area contributed by atoms with Crippen molar-refractivity contribution in [3.8, 4) is 0 Å². The van der Waals surface area contributed by atoms with E-state index in [9.17, 15) is 9.59 Å². The maximum Gasteiger partial charge on any atom is 0.316 e. The first-order valence-corrected chi connectivity index (χ1v) is 5.30. The Labute approximate surface area is 103 Å². The molecule has 98 valence electrons. The summed E-state index contributed by atoms with van der Waals surface area (Å²) in [4.78, 5) is 21.2. The Bertz CT molecular complexity index is 272. The van der Waals surface area contributed by atoms with Gasteiger partial charge in [-0.25, -0.2) is 0 Å². The lowest BCUT2D eigenvalue weighted by Gasteiger charge is -2.13. The van der Waals surface area contributed by atoms with Crippen LogP contribution in [0.5, 0.6) is 0 Å². The molecule has 0 spiro atoms. The van der Waals surface area contributed by atoms with Crippen molar-refractivity contribution in [1.82, 2.24) is 0 Å². The molecule has 0 aliphatic rings. The van der Waals surface area contributed by atoms with Crippen LogP contribution in [0.4, 0.5) is 0 Å². The fraction of sp³-hybridized carbons (Fsp3) is 0.538. The minimum atomic E-state index is -0.422. The summed E-state index contributed by atoms with van der Waals surface area (Å²) >= 11 is 0. The zero-order chi connectivity index (χ0) is 14.1. The van der Waals surface area contributed by atoms with Gasteiger partial charge in [0.25, 0.3) is 0 Å². The third-order valence-electron chi connectivity index (χ3n) is 1.47. The van der Waals surface area contributed by atoms with E-state index in [0.29, 0.717) is 0 Å². The minimum Gasteiger partial charge on any atom is -0.435 e. The van der Waals surface area contributed by atoms with Gasteiger partial charge < -0.3 is 9.47 Å². The van der Waals surface area contributed by atoms with Crippen LogP contribution in [-0.4, -0.2) is 11.9 Å². The Morgan fingerprint density at radius 3 is 1.59 bits per heavy atom. The zero-order valence-electron chi connectivity index (χ0n) is 11.3. The van der Waals surface area contributed by atoms with Gasteiger partial charge in [-0.1, -0.05) is 27.0 Å². The highest BCUT2D eigenvalue weighted by Crippen LogP contribution is 2.14. The van der Waals surface area contributed by atoms with Crippen molar-refractivity contribution in [3.05, 3.63) is 25.7 Å². The molecule has 0 aliphatic carbocycles. The SMILES string of the molecule is C=COC(=O)C(C)(C)C.C=COC(=O)C(C)C. The Morgan fingerprint density at radius 2 is 1.47 bits per heavy atom. The molecule has 0 aliphatic heterocycles. The van der Waals surface area contributed by atoms with E-state index in [1.807, 2.05) is 0 Å². The molecule has 4 heteroatoms. The lowest BCUT2D eigenvalue weighted by atomic mass is 9.98. The van der Waals surface area contributed by atoms with Crippen molar-refractivity contribution >= 4 is 11.9 Å². The van der Waals surface area contributed by atoms with Crippen LogP contribution in [-0.2, 0) is 19.1 Å². The summed E-state index contributed by atoms with van der Waals surface area (Å²) in [7, 11) is 0. The van der Waals surface area contributed by atoms with E-state index >= 15 is 0 Å². The van der Waals surface area contributed by atoms with Crippen molar-refractivity contribution < 1.29 is 19.1 Å². The van der Waals surface area contributed by atoms with Crippen molar-refractivity contribution in [2.45, 2.75) is 34.6 Å². The second-order valence-corrected chi connectivity index (χ2v) is 4.58. The highest BCUT2D eigenvalue weighted by molar-refractivity contribution is 5.75. The Hall–Kier alpha value is -1.58. The molecule has 0 amide bonds. The lowest BCUT2D eigenvalue weighted by molar-refractivity contribution is -0.146. The van der Waals surface area contributed by atoms with Gasteiger partial charge in [-0.05, 0) is 20.8 Å². The summed E-state index contributed by atoms with van der Waals surface area (Å²) in [6.45, 7) is 15.4. The van der Waals surface area contributed by atoms with Crippen LogP contribution in [0, 0.1) is 11.3 Å². The van der Waals surface area contributed by atoms with Crippen LogP contribution < -0.4 is 0 Å². The highest BCUT2D eigenvalue weighted by atomic mass is 16.5. The van der Waals surface area contributed by atoms with E-state index in [-0.39, 0.29) is 17.9 Å². The van der Waals surface area contributed by atoms with Gasteiger partial charge in [0.2, 0.25) is 0 Å². The minimum absolute atomic E-state index is 0.0620. The Balaban J connectivity index is 0. The molecular weight excluding hydrogens is 220 g/mol. The summed E-state index contributed by atoms with van der Waals surface area (Å²) in [5.41, 5.74) is -0.422. The normalized spacial score (nSPS) is 9.76. The second kappa shape index (κ2) is 8.56. The molecule has 0 N–H and O–H groups in total. The van der Waals surface area contributed by atoms with E-state index in [4.69, 9.17) is 0 Å². The summed E-state index contributed by atoms with van der Waals surface area (Å²) < 4.78 is 8.96. The molecule has 0 aromatic heterocycles. The molecule has 0 heterocycles. The molecule has 0 saturated heterocycles. The van der Waals surface area contributed by atoms with Crippen molar-refractivity contribution in [2.24, 2.45) is 11.3 Å². The van der Waals surface area contributed by atoms with Crippen LogP contribution in [0.3, 0.4) is 0 Å².